The van der Waals surface area contributed by atoms with Gasteiger partial charge in [-0.2, -0.15) is 18.2 Å². The van der Waals surface area contributed by atoms with Crippen LogP contribution in [-0.4, -0.2) is 27.8 Å². The summed E-state index contributed by atoms with van der Waals surface area (Å²) >= 11 is 0. The summed E-state index contributed by atoms with van der Waals surface area (Å²) in [4.78, 5) is 16.2. The summed E-state index contributed by atoms with van der Waals surface area (Å²) in [7, 11) is 0. The zero-order valence-corrected chi connectivity index (χ0v) is 15.9. The first kappa shape index (κ1) is 23.2. The Labute approximate surface area is 168 Å². The molecular weight excluding hydrogens is 413 g/mol. The maximum Gasteiger partial charge on any atom is 0.416 e. The number of nitrogens with zero attached hydrogens (tertiary/aromatic N) is 2. The van der Waals surface area contributed by atoms with Crippen LogP contribution >= 0.6 is 0 Å². The number of carbonyl (C=O) groups is 1. The van der Waals surface area contributed by atoms with Gasteiger partial charge in [0.25, 0.3) is 11.8 Å². The number of allylic oxidation sites excluding steroid dienone is 2. The minimum absolute atomic E-state index is 0.0958. The van der Waals surface area contributed by atoms with Gasteiger partial charge in [0.05, 0.1) is 12.2 Å². The molecule has 1 aromatic heterocycles. The van der Waals surface area contributed by atoms with Gasteiger partial charge in [0.1, 0.15) is 23.3 Å². The number of hydrogen-bond donors (Lipinski definition) is 2. The van der Waals surface area contributed by atoms with Crippen molar-refractivity contribution in [2.45, 2.75) is 32.5 Å². The molecule has 0 fully saturated rings. The van der Waals surface area contributed by atoms with Crippen LogP contribution in [0.25, 0.3) is 11.4 Å². The average Bonchev–Trinajstić information content (AvgIpc) is 3.21. The number of halogens is 5. The maximum atomic E-state index is 13.9. The van der Waals surface area contributed by atoms with Crippen molar-refractivity contribution in [1.29, 1.82) is 0 Å². The van der Waals surface area contributed by atoms with E-state index in [1.54, 1.807) is 0 Å². The van der Waals surface area contributed by atoms with Crippen molar-refractivity contribution in [1.82, 2.24) is 15.5 Å². The number of rotatable bonds is 7. The normalized spacial score (nSPS) is 14.3. The summed E-state index contributed by atoms with van der Waals surface area (Å²) in [6.07, 6.45) is -3.83. The van der Waals surface area contributed by atoms with Gasteiger partial charge in [-0.05, 0) is 25.5 Å². The fraction of sp³-hybridized carbons (Fsp3) is 0.316. The maximum absolute atomic E-state index is 13.9. The van der Waals surface area contributed by atoms with Crippen molar-refractivity contribution in [3.63, 3.8) is 0 Å². The predicted molar refractivity (Wildman–Crippen MR) is 96.0 cm³/mol. The first-order valence-electron chi connectivity index (χ1n) is 8.76. The van der Waals surface area contributed by atoms with E-state index in [1.165, 1.54) is 13.8 Å². The Hall–Kier alpha value is -3.08. The molecule has 0 aliphatic carbocycles. The molecule has 162 valence electrons. The molecule has 2 rings (SSSR count). The lowest BCUT2D eigenvalue weighted by molar-refractivity contribution is -0.137. The minimum atomic E-state index is -4.51. The molecule has 2 aromatic rings. The number of benzene rings is 1. The van der Waals surface area contributed by atoms with Crippen molar-refractivity contribution in [3.05, 3.63) is 59.0 Å². The van der Waals surface area contributed by atoms with E-state index in [1.807, 2.05) is 0 Å². The summed E-state index contributed by atoms with van der Waals surface area (Å²) in [6, 6.07) is 2.63. The lowest BCUT2D eigenvalue weighted by Gasteiger charge is -2.14. The average molecular weight is 431 g/mol. The molecule has 0 saturated carbocycles. The lowest BCUT2D eigenvalue weighted by atomic mass is 10.1. The third-order valence-corrected chi connectivity index (χ3v) is 4.00. The Balaban J connectivity index is 2.25. The quantitative estimate of drug-likeness (QED) is 0.385. The van der Waals surface area contributed by atoms with E-state index in [2.05, 4.69) is 15.5 Å². The highest BCUT2D eigenvalue weighted by Gasteiger charge is 2.30. The highest BCUT2D eigenvalue weighted by molar-refractivity contribution is 5.97. The third-order valence-electron chi connectivity index (χ3n) is 4.00. The number of aliphatic hydroxyl groups is 1. The Morgan fingerprint density at radius 3 is 2.40 bits per heavy atom. The van der Waals surface area contributed by atoms with E-state index >= 15 is 0 Å². The van der Waals surface area contributed by atoms with E-state index < -0.39 is 47.5 Å². The van der Waals surface area contributed by atoms with E-state index in [0.29, 0.717) is 0 Å². The van der Waals surface area contributed by atoms with Gasteiger partial charge < -0.3 is 14.9 Å². The van der Waals surface area contributed by atoms with Crippen LogP contribution < -0.4 is 5.32 Å². The van der Waals surface area contributed by atoms with Gasteiger partial charge in [-0.3, -0.25) is 4.79 Å². The molecule has 0 aliphatic rings. The van der Waals surface area contributed by atoms with Crippen LogP contribution in [0.3, 0.4) is 0 Å². The predicted octanol–water partition coefficient (Wildman–Crippen LogP) is 4.41. The number of aromatic nitrogens is 2. The second kappa shape index (κ2) is 9.61. The van der Waals surface area contributed by atoms with Crippen LogP contribution in [-0.2, 0) is 11.0 Å². The summed E-state index contributed by atoms with van der Waals surface area (Å²) in [5.41, 5.74) is -1.49. The molecule has 0 saturated heterocycles. The van der Waals surface area contributed by atoms with E-state index in [4.69, 9.17) is 4.52 Å². The largest absolute Gasteiger partial charge is 0.416 e. The molecule has 1 heterocycles. The number of nitrogens with one attached hydrogen (secondary N) is 1. The van der Waals surface area contributed by atoms with Gasteiger partial charge >= 0.3 is 6.18 Å². The molecule has 0 radical (unpaired) electrons. The molecule has 1 aromatic carbocycles. The van der Waals surface area contributed by atoms with Crippen molar-refractivity contribution in [2.24, 2.45) is 0 Å². The summed E-state index contributed by atoms with van der Waals surface area (Å²) in [5.74, 6) is -3.60. The summed E-state index contributed by atoms with van der Waals surface area (Å²) in [6.45, 7) is 1.94. The Morgan fingerprint density at radius 1 is 1.27 bits per heavy atom. The highest BCUT2D eigenvalue weighted by atomic mass is 19.4. The van der Waals surface area contributed by atoms with Crippen molar-refractivity contribution >= 4 is 5.91 Å². The monoisotopic (exact) mass is 431 g/mol. The standard InChI is InChI=1S/C19H18F5N3O3/c1-3-12(20)15(13(21)4-2)17(29)25-14(9-28)18-26-16(27-30-18)10-5-7-11(8-6-10)19(22,23)24/h3,5-8,14,28H,4,9H2,1-2H3,(H,25,29)/b12-3+,15-13-/t14-/m0/s1. The number of carbonyl (C=O) groups excluding carboxylic acids is 1. The molecule has 0 unspecified atom stereocenters. The van der Waals surface area contributed by atoms with Gasteiger partial charge in [0, 0.05) is 5.56 Å². The van der Waals surface area contributed by atoms with Crippen molar-refractivity contribution in [2.75, 3.05) is 6.61 Å². The van der Waals surface area contributed by atoms with Crippen LogP contribution in [0.4, 0.5) is 22.0 Å². The molecule has 1 atom stereocenters. The lowest BCUT2D eigenvalue weighted by Crippen LogP contribution is -2.32. The first-order chi connectivity index (χ1) is 14.1. The van der Waals surface area contributed by atoms with Crippen LogP contribution in [0.1, 0.15) is 37.8 Å². The van der Waals surface area contributed by atoms with Crippen LogP contribution in [0.5, 0.6) is 0 Å². The van der Waals surface area contributed by atoms with Gasteiger partial charge in [0.15, 0.2) is 0 Å². The van der Waals surface area contributed by atoms with Crippen LogP contribution in [0.15, 0.2) is 52.1 Å². The fourth-order valence-electron chi connectivity index (χ4n) is 2.40. The number of alkyl halides is 3. The molecule has 11 heteroatoms. The number of amides is 1. The first-order valence-corrected chi connectivity index (χ1v) is 8.76. The molecule has 2 N–H and O–H groups in total. The molecule has 0 spiro atoms. The van der Waals surface area contributed by atoms with Gasteiger partial charge in [-0.1, -0.05) is 30.3 Å². The molecule has 6 nitrogen and oxygen atoms in total. The van der Waals surface area contributed by atoms with E-state index in [-0.39, 0.29) is 23.7 Å². The molecule has 1 amide bonds. The third kappa shape index (κ3) is 5.29. The van der Waals surface area contributed by atoms with Crippen LogP contribution in [0.2, 0.25) is 0 Å². The van der Waals surface area contributed by atoms with Gasteiger partial charge in [0.2, 0.25) is 5.82 Å². The topological polar surface area (TPSA) is 88.2 Å². The minimum Gasteiger partial charge on any atom is -0.394 e. The molecule has 30 heavy (non-hydrogen) atoms. The van der Waals surface area contributed by atoms with Crippen LogP contribution in [0, 0.1) is 0 Å². The SMILES string of the molecule is C/C=C(F)\C(C(=O)N[C@@H](CO)c1nc(-c2ccc(C(F)(F)F)cc2)no1)=C(\F)CC. The second-order valence-electron chi connectivity index (χ2n) is 6.01. The molecular formula is C19H18F5N3O3. The smallest absolute Gasteiger partial charge is 0.394 e. The van der Waals surface area contributed by atoms with E-state index in [0.717, 1.165) is 30.3 Å². The van der Waals surface area contributed by atoms with Crippen molar-refractivity contribution < 1.29 is 36.4 Å². The zero-order valence-electron chi connectivity index (χ0n) is 15.9. The highest BCUT2D eigenvalue weighted by Crippen LogP contribution is 2.30. The Bertz CT molecular complexity index is 949. The summed E-state index contributed by atoms with van der Waals surface area (Å²) in [5, 5.41) is 15.3. The number of hydrogen-bond acceptors (Lipinski definition) is 5. The second-order valence-corrected chi connectivity index (χ2v) is 6.01. The van der Waals surface area contributed by atoms with Gasteiger partial charge in [-0.25, -0.2) is 8.78 Å². The Kier molecular flexibility index (Phi) is 7.43. The Morgan fingerprint density at radius 2 is 1.90 bits per heavy atom. The van der Waals surface area contributed by atoms with Gasteiger partial charge in [-0.15, -0.1) is 0 Å². The molecule has 0 aliphatic heterocycles. The number of aliphatic hydroxyl groups excluding tert-OH is 1. The van der Waals surface area contributed by atoms with E-state index in [9.17, 15) is 31.9 Å². The fourth-order valence-corrected chi connectivity index (χ4v) is 2.40. The van der Waals surface area contributed by atoms with Crippen molar-refractivity contribution in [3.8, 4) is 11.4 Å². The zero-order chi connectivity index (χ0) is 22.5. The molecule has 0 bridgehead atoms. The summed E-state index contributed by atoms with van der Waals surface area (Å²) < 4.78 is 70.7.